The third-order valence-electron chi connectivity index (χ3n) is 4.61. The highest BCUT2D eigenvalue weighted by Crippen LogP contribution is 2.22. The van der Waals surface area contributed by atoms with Gasteiger partial charge in [0.05, 0.1) is 4.90 Å². The second-order valence-corrected chi connectivity index (χ2v) is 8.21. The van der Waals surface area contributed by atoms with E-state index in [-0.39, 0.29) is 29.3 Å². The molecule has 0 saturated carbocycles. The fourth-order valence-corrected chi connectivity index (χ4v) is 4.25. The lowest BCUT2D eigenvalue weighted by Gasteiger charge is -2.23. The molecule has 1 aliphatic heterocycles. The molecule has 2 aromatic rings. The van der Waals surface area contributed by atoms with Crippen molar-refractivity contribution >= 4 is 34.0 Å². The Hall–Kier alpha value is -2.09. The number of anilines is 1. The van der Waals surface area contributed by atoms with Crippen LogP contribution in [0.4, 0.5) is 5.69 Å². The van der Waals surface area contributed by atoms with E-state index in [1.54, 1.807) is 29.2 Å². The van der Waals surface area contributed by atoms with Crippen molar-refractivity contribution in [1.82, 2.24) is 4.90 Å². The van der Waals surface area contributed by atoms with E-state index < -0.39 is 10.0 Å². The van der Waals surface area contributed by atoms with Crippen LogP contribution in [-0.2, 0) is 10.0 Å². The zero-order chi connectivity index (χ0) is 18.7. The van der Waals surface area contributed by atoms with Gasteiger partial charge in [0.1, 0.15) is 0 Å². The largest absolute Gasteiger partial charge is 0.334 e. The summed E-state index contributed by atoms with van der Waals surface area (Å²) in [5, 5.41) is 0. The van der Waals surface area contributed by atoms with Gasteiger partial charge in [0.25, 0.3) is 15.9 Å². The molecule has 1 heterocycles. The van der Waals surface area contributed by atoms with Gasteiger partial charge in [-0.2, -0.15) is 0 Å². The fourth-order valence-electron chi connectivity index (χ4n) is 3.15. The Labute approximate surface area is 166 Å². The van der Waals surface area contributed by atoms with Gasteiger partial charge in [-0.1, -0.05) is 23.8 Å². The number of rotatable bonds is 5. The average Bonchev–Trinajstić information content (AvgIpc) is 3.12. The quantitative estimate of drug-likeness (QED) is 0.794. The summed E-state index contributed by atoms with van der Waals surface area (Å²) in [5.41, 5.74) is 7.62. The molecule has 3 N–H and O–H groups in total. The maximum atomic E-state index is 12.7. The predicted octanol–water partition coefficient (Wildman–Crippen LogP) is 2.78. The molecule has 1 atom stereocenters. The van der Waals surface area contributed by atoms with Gasteiger partial charge in [-0.15, -0.1) is 12.4 Å². The number of benzene rings is 2. The van der Waals surface area contributed by atoms with Crippen LogP contribution in [0.2, 0.25) is 0 Å². The first-order valence-corrected chi connectivity index (χ1v) is 10.1. The van der Waals surface area contributed by atoms with E-state index in [4.69, 9.17) is 5.73 Å². The zero-order valence-corrected chi connectivity index (χ0v) is 16.7. The number of likely N-dealkylation sites (tertiary alicyclic amines) is 1. The Kier molecular flexibility index (Phi) is 6.86. The minimum Gasteiger partial charge on any atom is -0.334 e. The molecule has 8 heteroatoms. The van der Waals surface area contributed by atoms with Gasteiger partial charge in [-0.25, -0.2) is 8.42 Å². The second-order valence-electron chi connectivity index (χ2n) is 6.53. The zero-order valence-electron chi connectivity index (χ0n) is 15.1. The van der Waals surface area contributed by atoms with Gasteiger partial charge < -0.3 is 10.6 Å². The number of sulfonamides is 1. The van der Waals surface area contributed by atoms with Crippen LogP contribution in [0.25, 0.3) is 0 Å². The summed E-state index contributed by atoms with van der Waals surface area (Å²) in [6.45, 7) is 3.00. The summed E-state index contributed by atoms with van der Waals surface area (Å²) in [6, 6.07) is 13.2. The SMILES string of the molecule is Cc1ccc(NS(=O)(=O)c2cccc(C(=O)N3CCCC3CN)c2)cc1.Cl. The van der Waals surface area contributed by atoms with Gasteiger partial charge >= 0.3 is 0 Å². The lowest BCUT2D eigenvalue weighted by molar-refractivity contribution is 0.0741. The van der Waals surface area contributed by atoms with Crippen LogP contribution in [-0.4, -0.2) is 38.4 Å². The van der Waals surface area contributed by atoms with Crippen molar-refractivity contribution in [3.05, 3.63) is 59.7 Å². The van der Waals surface area contributed by atoms with Crippen LogP contribution < -0.4 is 10.5 Å². The predicted molar refractivity (Wildman–Crippen MR) is 109 cm³/mol. The highest BCUT2D eigenvalue weighted by Gasteiger charge is 2.29. The maximum Gasteiger partial charge on any atom is 0.261 e. The summed E-state index contributed by atoms with van der Waals surface area (Å²) in [6.07, 6.45) is 1.80. The van der Waals surface area contributed by atoms with Crippen molar-refractivity contribution in [2.45, 2.75) is 30.7 Å². The van der Waals surface area contributed by atoms with Gasteiger partial charge in [-0.05, 0) is 50.1 Å². The Morgan fingerprint density at radius 1 is 1.22 bits per heavy atom. The van der Waals surface area contributed by atoms with Crippen LogP contribution in [0.1, 0.15) is 28.8 Å². The van der Waals surface area contributed by atoms with E-state index in [1.165, 1.54) is 12.1 Å². The Morgan fingerprint density at radius 2 is 1.93 bits per heavy atom. The lowest BCUT2D eigenvalue weighted by Crippen LogP contribution is -2.39. The van der Waals surface area contributed by atoms with E-state index in [1.807, 2.05) is 19.1 Å². The van der Waals surface area contributed by atoms with Crippen LogP contribution >= 0.6 is 12.4 Å². The fraction of sp³-hybridized carbons (Fsp3) is 0.316. The molecule has 3 rings (SSSR count). The third kappa shape index (κ3) is 4.80. The number of hydrogen-bond donors (Lipinski definition) is 2. The van der Waals surface area contributed by atoms with Crippen LogP contribution in [0.15, 0.2) is 53.4 Å². The number of amides is 1. The van der Waals surface area contributed by atoms with Crippen molar-refractivity contribution in [1.29, 1.82) is 0 Å². The van der Waals surface area contributed by atoms with Gasteiger partial charge in [0.15, 0.2) is 0 Å². The first-order valence-electron chi connectivity index (χ1n) is 8.61. The summed E-state index contributed by atoms with van der Waals surface area (Å²) < 4.78 is 27.8. The molecule has 6 nitrogen and oxygen atoms in total. The summed E-state index contributed by atoms with van der Waals surface area (Å²) in [5.74, 6) is -0.176. The second kappa shape index (κ2) is 8.73. The highest BCUT2D eigenvalue weighted by atomic mass is 35.5. The van der Waals surface area contributed by atoms with Crippen molar-refractivity contribution in [3.8, 4) is 0 Å². The van der Waals surface area contributed by atoms with Gasteiger partial charge in [-0.3, -0.25) is 9.52 Å². The molecule has 0 bridgehead atoms. The van der Waals surface area contributed by atoms with E-state index in [0.29, 0.717) is 24.3 Å². The molecule has 2 aromatic carbocycles. The molecule has 27 heavy (non-hydrogen) atoms. The molecule has 0 spiro atoms. The van der Waals surface area contributed by atoms with E-state index in [0.717, 1.165) is 18.4 Å². The first-order chi connectivity index (χ1) is 12.4. The number of nitrogens with one attached hydrogen (secondary N) is 1. The Morgan fingerprint density at radius 3 is 2.59 bits per heavy atom. The Bertz CT molecular complexity index is 901. The third-order valence-corrected chi connectivity index (χ3v) is 5.98. The van der Waals surface area contributed by atoms with Crippen molar-refractivity contribution in [2.75, 3.05) is 17.8 Å². The standard InChI is InChI=1S/C19H23N3O3S.ClH/c1-14-7-9-16(10-8-14)21-26(24,25)18-6-2-4-15(12-18)19(23)22-11-3-5-17(22)13-20;/h2,4,6-10,12,17,21H,3,5,11,13,20H2,1H3;1H. The number of carbonyl (C=O) groups is 1. The van der Waals surface area contributed by atoms with E-state index in [9.17, 15) is 13.2 Å². The number of halogens is 1. The molecule has 1 saturated heterocycles. The van der Waals surface area contributed by atoms with Gasteiger partial charge in [0, 0.05) is 30.4 Å². The molecule has 1 fully saturated rings. The number of aryl methyl sites for hydroxylation is 1. The number of hydrogen-bond acceptors (Lipinski definition) is 4. The normalized spacial score (nSPS) is 16.7. The van der Waals surface area contributed by atoms with E-state index in [2.05, 4.69) is 4.72 Å². The molecule has 1 aliphatic rings. The molecule has 1 unspecified atom stereocenters. The minimum atomic E-state index is -3.77. The summed E-state index contributed by atoms with van der Waals surface area (Å²) in [4.78, 5) is 14.5. The van der Waals surface area contributed by atoms with Crippen LogP contribution in [0.5, 0.6) is 0 Å². The molecular formula is C19H24ClN3O3S. The Balaban J connectivity index is 0.00000261. The topological polar surface area (TPSA) is 92.5 Å². The van der Waals surface area contributed by atoms with Crippen LogP contribution in [0.3, 0.4) is 0 Å². The first kappa shape index (κ1) is 21.2. The number of carbonyl (C=O) groups excluding carboxylic acids is 1. The van der Waals surface area contributed by atoms with Crippen molar-refractivity contribution in [3.63, 3.8) is 0 Å². The molecule has 1 amide bonds. The molecule has 0 radical (unpaired) electrons. The smallest absolute Gasteiger partial charge is 0.261 e. The van der Waals surface area contributed by atoms with Crippen molar-refractivity contribution < 1.29 is 13.2 Å². The number of nitrogens with two attached hydrogens (primary N) is 1. The molecule has 0 aromatic heterocycles. The molecular weight excluding hydrogens is 386 g/mol. The maximum absolute atomic E-state index is 12.7. The molecule has 146 valence electrons. The average molecular weight is 410 g/mol. The number of nitrogens with zero attached hydrogens (tertiary/aromatic N) is 1. The monoisotopic (exact) mass is 409 g/mol. The van der Waals surface area contributed by atoms with Crippen LogP contribution in [0, 0.1) is 6.92 Å². The molecule has 0 aliphatic carbocycles. The lowest BCUT2D eigenvalue weighted by atomic mass is 10.1. The summed E-state index contributed by atoms with van der Waals surface area (Å²) >= 11 is 0. The van der Waals surface area contributed by atoms with Gasteiger partial charge in [0.2, 0.25) is 0 Å². The minimum absolute atomic E-state index is 0. The summed E-state index contributed by atoms with van der Waals surface area (Å²) in [7, 11) is -3.77. The highest BCUT2D eigenvalue weighted by molar-refractivity contribution is 7.92. The van der Waals surface area contributed by atoms with Crippen molar-refractivity contribution in [2.24, 2.45) is 5.73 Å². The van der Waals surface area contributed by atoms with E-state index >= 15 is 0 Å².